The number of nitrogens with two attached hydrogens (primary N) is 1. The highest BCUT2D eigenvalue weighted by Crippen LogP contribution is 2.21. The largest absolute Gasteiger partial charge is 0.330 e. The molecule has 0 aliphatic rings. The number of nitrogens with zero attached hydrogens (tertiary/aromatic N) is 3. The Kier molecular flexibility index (Phi) is 4.02. The van der Waals surface area contributed by atoms with Crippen LogP contribution < -0.4 is 5.73 Å². The summed E-state index contributed by atoms with van der Waals surface area (Å²) >= 11 is 0. The fourth-order valence-electron chi connectivity index (χ4n) is 2.13. The fraction of sp³-hybridized carbons (Fsp3) is 0.188. The lowest BCUT2D eigenvalue weighted by Gasteiger charge is -2.01. The molecule has 3 rings (SSSR count). The third-order valence-corrected chi connectivity index (χ3v) is 3.25. The number of aryl methyl sites for hydroxylation is 1. The first-order valence-electron chi connectivity index (χ1n) is 7.00. The van der Waals surface area contributed by atoms with Crippen molar-refractivity contribution in [2.45, 2.75) is 12.8 Å². The number of hydrogen-bond acceptors (Lipinski definition) is 4. The number of nitrogens with one attached hydrogen (secondary N) is 1. The first-order chi connectivity index (χ1) is 10.4. The second-order valence-electron chi connectivity index (χ2n) is 4.79. The molecular formula is C16H17N5. The Hall–Kier alpha value is -2.53. The number of rotatable bonds is 5. The average molecular weight is 279 g/mol. The van der Waals surface area contributed by atoms with Gasteiger partial charge in [0.2, 0.25) is 0 Å². The molecule has 106 valence electrons. The minimum absolute atomic E-state index is 0.662. The Labute approximate surface area is 123 Å². The van der Waals surface area contributed by atoms with Gasteiger partial charge in [0.25, 0.3) is 0 Å². The standard InChI is InChI=1S/C16H17N5/c17-10-3-5-15-19-16(21-20-15)13-8-6-12(7-9-13)14-4-1-2-11-18-14/h1-2,4,6-9,11H,3,5,10,17H2,(H,19,20,21). The smallest absolute Gasteiger partial charge is 0.181 e. The van der Waals surface area contributed by atoms with Crippen molar-refractivity contribution >= 4 is 0 Å². The van der Waals surface area contributed by atoms with E-state index in [1.807, 2.05) is 42.5 Å². The van der Waals surface area contributed by atoms with Gasteiger partial charge in [-0.3, -0.25) is 10.1 Å². The number of aromatic nitrogens is 4. The van der Waals surface area contributed by atoms with E-state index in [1.165, 1.54) is 0 Å². The second-order valence-corrected chi connectivity index (χ2v) is 4.79. The van der Waals surface area contributed by atoms with Crippen LogP contribution in [0.15, 0.2) is 48.7 Å². The number of hydrogen-bond donors (Lipinski definition) is 2. The van der Waals surface area contributed by atoms with Crippen molar-refractivity contribution in [2.75, 3.05) is 6.54 Å². The van der Waals surface area contributed by atoms with Crippen LogP contribution in [0.2, 0.25) is 0 Å². The molecule has 21 heavy (non-hydrogen) atoms. The van der Waals surface area contributed by atoms with Gasteiger partial charge in [-0.2, -0.15) is 5.10 Å². The Morgan fingerprint density at radius 3 is 2.52 bits per heavy atom. The van der Waals surface area contributed by atoms with Crippen LogP contribution in [0.5, 0.6) is 0 Å². The van der Waals surface area contributed by atoms with Gasteiger partial charge in [-0.25, -0.2) is 4.98 Å². The van der Waals surface area contributed by atoms with Gasteiger partial charge in [0.1, 0.15) is 5.82 Å². The minimum Gasteiger partial charge on any atom is -0.330 e. The first-order valence-corrected chi connectivity index (χ1v) is 7.00. The van der Waals surface area contributed by atoms with E-state index in [0.717, 1.165) is 41.3 Å². The van der Waals surface area contributed by atoms with Gasteiger partial charge in [-0.1, -0.05) is 30.3 Å². The van der Waals surface area contributed by atoms with Crippen LogP contribution in [-0.4, -0.2) is 26.7 Å². The van der Waals surface area contributed by atoms with Crippen LogP contribution in [0.25, 0.3) is 22.6 Å². The van der Waals surface area contributed by atoms with Gasteiger partial charge in [-0.15, -0.1) is 0 Å². The summed E-state index contributed by atoms with van der Waals surface area (Å²) in [4.78, 5) is 8.82. The molecule has 1 aromatic carbocycles. The van der Waals surface area contributed by atoms with Gasteiger partial charge in [0.15, 0.2) is 5.82 Å². The summed E-state index contributed by atoms with van der Waals surface area (Å²) in [5, 5.41) is 7.21. The summed E-state index contributed by atoms with van der Waals surface area (Å²) in [6.45, 7) is 0.662. The maximum absolute atomic E-state index is 5.50. The van der Waals surface area contributed by atoms with Gasteiger partial charge < -0.3 is 5.73 Å². The lowest BCUT2D eigenvalue weighted by Crippen LogP contribution is -2.01. The number of pyridine rings is 1. The highest BCUT2D eigenvalue weighted by atomic mass is 15.2. The molecule has 0 radical (unpaired) electrons. The van der Waals surface area contributed by atoms with E-state index in [0.29, 0.717) is 6.54 Å². The zero-order chi connectivity index (χ0) is 14.5. The highest BCUT2D eigenvalue weighted by Gasteiger charge is 2.06. The Morgan fingerprint density at radius 2 is 1.81 bits per heavy atom. The summed E-state index contributed by atoms with van der Waals surface area (Å²) in [5.41, 5.74) is 8.53. The predicted molar refractivity (Wildman–Crippen MR) is 82.4 cm³/mol. The summed E-state index contributed by atoms with van der Waals surface area (Å²) in [6, 6.07) is 14.0. The monoisotopic (exact) mass is 279 g/mol. The molecule has 3 N–H and O–H groups in total. The summed E-state index contributed by atoms with van der Waals surface area (Å²) in [5.74, 6) is 1.60. The zero-order valence-corrected chi connectivity index (χ0v) is 11.7. The molecule has 0 saturated heterocycles. The van der Waals surface area contributed by atoms with Gasteiger partial charge in [0, 0.05) is 23.7 Å². The topological polar surface area (TPSA) is 80.5 Å². The third-order valence-electron chi connectivity index (χ3n) is 3.25. The Balaban J connectivity index is 1.79. The van der Waals surface area contributed by atoms with E-state index in [1.54, 1.807) is 6.20 Å². The summed E-state index contributed by atoms with van der Waals surface area (Å²) in [6.07, 6.45) is 3.53. The summed E-state index contributed by atoms with van der Waals surface area (Å²) < 4.78 is 0. The molecule has 5 heteroatoms. The minimum atomic E-state index is 0.662. The molecule has 0 saturated carbocycles. The lowest BCUT2D eigenvalue weighted by molar-refractivity contribution is 0.785. The second kappa shape index (κ2) is 6.28. The predicted octanol–water partition coefficient (Wildman–Crippen LogP) is 2.42. The lowest BCUT2D eigenvalue weighted by atomic mass is 10.1. The average Bonchev–Trinajstić information content (AvgIpc) is 3.03. The quantitative estimate of drug-likeness (QED) is 0.751. The molecule has 2 heterocycles. The maximum Gasteiger partial charge on any atom is 0.181 e. The molecule has 0 aliphatic carbocycles. The molecule has 0 fully saturated rings. The van der Waals surface area contributed by atoms with Crippen LogP contribution >= 0.6 is 0 Å². The number of benzene rings is 1. The van der Waals surface area contributed by atoms with Crippen LogP contribution in [0.4, 0.5) is 0 Å². The molecule has 0 unspecified atom stereocenters. The molecule has 0 atom stereocenters. The van der Waals surface area contributed by atoms with Crippen molar-refractivity contribution in [1.82, 2.24) is 20.2 Å². The van der Waals surface area contributed by atoms with E-state index >= 15 is 0 Å². The summed E-state index contributed by atoms with van der Waals surface area (Å²) in [7, 11) is 0. The van der Waals surface area contributed by atoms with E-state index in [4.69, 9.17) is 5.73 Å². The van der Waals surface area contributed by atoms with Gasteiger partial charge >= 0.3 is 0 Å². The third kappa shape index (κ3) is 3.14. The Morgan fingerprint density at radius 1 is 1.00 bits per heavy atom. The van der Waals surface area contributed by atoms with Crippen LogP contribution in [0.1, 0.15) is 12.2 Å². The van der Waals surface area contributed by atoms with Gasteiger partial charge in [-0.05, 0) is 25.1 Å². The van der Waals surface area contributed by atoms with E-state index < -0.39 is 0 Å². The van der Waals surface area contributed by atoms with Crippen LogP contribution in [0.3, 0.4) is 0 Å². The molecule has 5 nitrogen and oxygen atoms in total. The van der Waals surface area contributed by atoms with Crippen LogP contribution in [0, 0.1) is 0 Å². The molecule has 0 amide bonds. The van der Waals surface area contributed by atoms with Crippen LogP contribution in [-0.2, 0) is 6.42 Å². The molecule has 0 aliphatic heterocycles. The van der Waals surface area contributed by atoms with Crippen molar-refractivity contribution in [2.24, 2.45) is 5.73 Å². The first kappa shape index (κ1) is 13.5. The van der Waals surface area contributed by atoms with Crippen molar-refractivity contribution in [3.8, 4) is 22.6 Å². The highest BCUT2D eigenvalue weighted by molar-refractivity contribution is 5.64. The number of aromatic amines is 1. The van der Waals surface area contributed by atoms with Crippen molar-refractivity contribution in [1.29, 1.82) is 0 Å². The zero-order valence-electron chi connectivity index (χ0n) is 11.7. The molecule has 2 aromatic heterocycles. The fourth-order valence-corrected chi connectivity index (χ4v) is 2.13. The normalized spacial score (nSPS) is 10.7. The molecule has 3 aromatic rings. The molecular weight excluding hydrogens is 262 g/mol. The van der Waals surface area contributed by atoms with E-state index in [-0.39, 0.29) is 0 Å². The van der Waals surface area contributed by atoms with Crippen molar-refractivity contribution in [3.63, 3.8) is 0 Å². The molecule has 0 bridgehead atoms. The Bertz CT molecular complexity index is 688. The van der Waals surface area contributed by atoms with Crippen molar-refractivity contribution in [3.05, 3.63) is 54.5 Å². The maximum atomic E-state index is 5.50. The molecule has 0 spiro atoms. The van der Waals surface area contributed by atoms with E-state index in [2.05, 4.69) is 20.2 Å². The van der Waals surface area contributed by atoms with Crippen molar-refractivity contribution < 1.29 is 0 Å². The SMILES string of the molecule is NCCCc1nc(-c2ccc(-c3ccccn3)cc2)n[nH]1. The van der Waals surface area contributed by atoms with E-state index in [9.17, 15) is 0 Å². The number of H-pyrrole nitrogens is 1. The van der Waals surface area contributed by atoms with Gasteiger partial charge in [0.05, 0.1) is 5.69 Å².